The van der Waals surface area contributed by atoms with Crippen LogP contribution in [0.2, 0.25) is 0 Å². The van der Waals surface area contributed by atoms with E-state index >= 15 is 0 Å². The molecule has 1 aliphatic rings. The van der Waals surface area contributed by atoms with Gasteiger partial charge in [0.15, 0.2) is 0 Å². The summed E-state index contributed by atoms with van der Waals surface area (Å²) in [5.41, 5.74) is 1.49. The highest BCUT2D eigenvalue weighted by molar-refractivity contribution is 5.96. The maximum absolute atomic E-state index is 13.3. The van der Waals surface area contributed by atoms with Gasteiger partial charge in [0.1, 0.15) is 5.82 Å². The van der Waals surface area contributed by atoms with Crippen LogP contribution in [0.1, 0.15) is 39.3 Å². The van der Waals surface area contributed by atoms with Crippen molar-refractivity contribution in [1.82, 2.24) is 0 Å². The summed E-state index contributed by atoms with van der Waals surface area (Å²) >= 11 is 0. The van der Waals surface area contributed by atoms with Gasteiger partial charge in [-0.2, -0.15) is 0 Å². The molecule has 1 heterocycles. The third kappa shape index (κ3) is 2.35. The first kappa shape index (κ1) is 11.7. The zero-order valence-electron chi connectivity index (χ0n) is 9.63. The highest BCUT2D eigenvalue weighted by atomic mass is 19.1. The van der Waals surface area contributed by atoms with Gasteiger partial charge in [-0.25, -0.2) is 4.39 Å². The highest BCUT2D eigenvalue weighted by Crippen LogP contribution is 2.31. The number of anilines is 1. The van der Waals surface area contributed by atoms with Crippen molar-refractivity contribution < 1.29 is 4.39 Å². The van der Waals surface area contributed by atoms with Crippen LogP contribution in [-0.2, 0) is 0 Å². The minimum Gasteiger partial charge on any atom is -0.342 e. The number of halogens is 1. The van der Waals surface area contributed by atoms with Gasteiger partial charge in [0, 0.05) is 5.56 Å². The van der Waals surface area contributed by atoms with E-state index in [-0.39, 0.29) is 11.9 Å². The lowest BCUT2D eigenvalue weighted by Gasteiger charge is -2.21. The molecule has 0 bridgehead atoms. The number of hydrogen-bond donors (Lipinski definition) is 1. The monoisotopic (exact) mass is 208 g/mol. The third-order valence-electron chi connectivity index (χ3n) is 2.19. The van der Waals surface area contributed by atoms with Gasteiger partial charge in [0.2, 0.25) is 0 Å². The summed E-state index contributed by atoms with van der Waals surface area (Å²) in [5, 5.41) is 2.93. The number of fused-ring (bicyclic) bond motifs is 1. The van der Waals surface area contributed by atoms with E-state index in [0.717, 1.165) is 11.4 Å². The molecule has 2 rings (SSSR count). The molecule has 1 unspecified atom stereocenters. The van der Waals surface area contributed by atoms with Gasteiger partial charge in [-0.3, -0.25) is 4.99 Å². The van der Waals surface area contributed by atoms with E-state index in [1.54, 1.807) is 6.07 Å². The summed E-state index contributed by atoms with van der Waals surface area (Å²) < 4.78 is 13.3. The predicted molar refractivity (Wildman–Crippen MR) is 62.9 cm³/mol. The zero-order chi connectivity index (χ0) is 11.4. The first-order chi connectivity index (χ1) is 7.18. The van der Waals surface area contributed by atoms with Crippen LogP contribution in [0.4, 0.5) is 10.1 Å². The Morgan fingerprint density at radius 2 is 2.00 bits per heavy atom. The molecule has 15 heavy (non-hydrogen) atoms. The van der Waals surface area contributed by atoms with Crippen molar-refractivity contribution in [2.75, 3.05) is 5.32 Å². The van der Waals surface area contributed by atoms with Gasteiger partial charge in [0.05, 0.1) is 17.6 Å². The van der Waals surface area contributed by atoms with Gasteiger partial charge in [-0.1, -0.05) is 26.0 Å². The van der Waals surface area contributed by atoms with Crippen LogP contribution < -0.4 is 5.32 Å². The Labute approximate surface area is 90.2 Å². The van der Waals surface area contributed by atoms with E-state index in [0.29, 0.717) is 5.69 Å². The van der Waals surface area contributed by atoms with Crippen LogP contribution in [-0.4, -0.2) is 5.84 Å². The molecule has 0 spiro atoms. The summed E-state index contributed by atoms with van der Waals surface area (Å²) in [7, 11) is 0. The molecule has 0 fully saturated rings. The average molecular weight is 208 g/mol. The van der Waals surface area contributed by atoms with Crippen LogP contribution in [0, 0.1) is 5.82 Å². The Morgan fingerprint density at radius 1 is 1.33 bits per heavy atom. The molecule has 1 atom stereocenters. The fourth-order valence-electron chi connectivity index (χ4n) is 1.59. The summed E-state index contributed by atoms with van der Waals surface area (Å²) in [5.74, 6) is 0.559. The molecule has 1 aromatic carbocycles. The van der Waals surface area contributed by atoms with Gasteiger partial charge in [-0.05, 0) is 19.9 Å². The molecule has 0 saturated heterocycles. The number of para-hydroxylation sites is 1. The van der Waals surface area contributed by atoms with Crippen molar-refractivity contribution in [3.63, 3.8) is 0 Å². The fourth-order valence-corrected chi connectivity index (χ4v) is 1.59. The van der Waals surface area contributed by atoms with Crippen molar-refractivity contribution in [2.45, 2.75) is 33.7 Å². The van der Waals surface area contributed by atoms with E-state index < -0.39 is 0 Å². The molecule has 2 nitrogen and oxygen atoms in total. The van der Waals surface area contributed by atoms with Crippen molar-refractivity contribution in [3.05, 3.63) is 29.6 Å². The minimum absolute atomic E-state index is 0.0481. The number of amidine groups is 1. The first-order valence-corrected chi connectivity index (χ1v) is 5.28. The summed E-state index contributed by atoms with van der Waals surface area (Å²) in [4.78, 5) is 4.30. The summed E-state index contributed by atoms with van der Waals surface area (Å²) in [6.07, 6.45) is 0. The minimum atomic E-state index is -0.210. The molecule has 1 N–H and O–H groups in total. The third-order valence-corrected chi connectivity index (χ3v) is 2.19. The molecule has 0 aliphatic carbocycles. The van der Waals surface area contributed by atoms with Gasteiger partial charge in [0.25, 0.3) is 0 Å². The number of nitrogens with zero attached hydrogens (tertiary/aromatic N) is 1. The molecule has 0 saturated carbocycles. The maximum atomic E-state index is 13.3. The van der Waals surface area contributed by atoms with Crippen LogP contribution in [0.3, 0.4) is 0 Å². The number of aliphatic imine (C=N–C) groups is 1. The molecule has 0 radical (unpaired) electrons. The van der Waals surface area contributed by atoms with Gasteiger partial charge in [-0.15, -0.1) is 0 Å². The van der Waals surface area contributed by atoms with E-state index in [1.807, 2.05) is 33.8 Å². The van der Waals surface area contributed by atoms with Crippen molar-refractivity contribution >= 4 is 11.5 Å². The second-order valence-corrected chi connectivity index (χ2v) is 3.22. The second-order valence-electron chi connectivity index (χ2n) is 3.22. The van der Waals surface area contributed by atoms with Crippen LogP contribution in [0.5, 0.6) is 0 Å². The topological polar surface area (TPSA) is 24.4 Å². The van der Waals surface area contributed by atoms with Crippen LogP contribution in [0.25, 0.3) is 0 Å². The lowest BCUT2D eigenvalue weighted by molar-refractivity contribution is 0.626. The average Bonchev–Trinajstić information content (AvgIpc) is 2.23. The molecular weight excluding hydrogens is 191 g/mol. The predicted octanol–water partition coefficient (Wildman–Crippen LogP) is 3.76. The molecule has 82 valence electrons. The standard InChI is InChI=1S/C10H11FN2.C2H6/c1-6-8-4-3-5-9(11)10(8)13-7(2)12-6;1-2/h3-6H,1-2H3,(H,12,13);1-2H3. The number of nitrogens with one attached hydrogen (secondary N) is 1. The molecule has 3 heteroatoms. The summed E-state index contributed by atoms with van der Waals surface area (Å²) in [6.45, 7) is 7.80. The normalized spacial score (nSPS) is 17.9. The van der Waals surface area contributed by atoms with Crippen LogP contribution >= 0.6 is 0 Å². The van der Waals surface area contributed by atoms with Crippen molar-refractivity contribution in [2.24, 2.45) is 4.99 Å². The summed E-state index contributed by atoms with van der Waals surface area (Å²) in [6, 6.07) is 5.11. The molecular formula is C12H17FN2. The molecule has 1 aromatic rings. The number of benzene rings is 1. The van der Waals surface area contributed by atoms with Gasteiger partial charge < -0.3 is 5.32 Å². The van der Waals surface area contributed by atoms with Gasteiger partial charge >= 0.3 is 0 Å². The lowest BCUT2D eigenvalue weighted by atomic mass is 10.0. The molecule has 0 aromatic heterocycles. The van der Waals surface area contributed by atoms with E-state index in [4.69, 9.17) is 0 Å². The van der Waals surface area contributed by atoms with Crippen LogP contribution in [0.15, 0.2) is 23.2 Å². The quantitative estimate of drug-likeness (QED) is 0.689. The highest BCUT2D eigenvalue weighted by Gasteiger charge is 2.17. The molecule has 1 aliphatic heterocycles. The lowest BCUT2D eigenvalue weighted by Crippen LogP contribution is -2.17. The molecule has 0 amide bonds. The van der Waals surface area contributed by atoms with Crippen molar-refractivity contribution in [1.29, 1.82) is 0 Å². The van der Waals surface area contributed by atoms with E-state index in [1.165, 1.54) is 6.07 Å². The Hall–Kier alpha value is -1.38. The SMILES string of the molecule is CC.CC1=NC(C)c2cccc(F)c2N1. The first-order valence-electron chi connectivity index (χ1n) is 5.28. The Balaban J connectivity index is 0.000000531. The smallest absolute Gasteiger partial charge is 0.147 e. The maximum Gasteiger partial charge on any atom is 0.147 e. The van der Waals surface area contributed by atoms with E-state index in [9.17, 15) is 4.39 Å². The Kier molecular flexibility index (Phi) is 3.83. The number of hydrogen-bond acceptors (Lipinski definition) is 2. The van der Waals surface area contributed by atoms with Crippen molar-refractivity contribution in [3.8, 4) is 0 Å². The largest absolute Gasteiger partial charge is 0.342 e. The Morgan fingerprint density at radius 3 is 2.67 bits per heavy atom. The number of rotatable bonds is 0. The Bertz CT molecular complexity index is 372. The van der Waals surface area contributed by atoms with E-state index in [2.05, 4.69) is 10.3 Å². The zero-order valence-corrected chi connectivity index (χ0v) is 9.63. The fraction of sp³-hybridized carbons (Fsp3) is 0.417. The second kappa shape index (κ2) is 4.91.